The summed E-state index contributed by atoms with van der Waals surface area (Å²) >= 11 is 1.19. The van der Waals surface area contributed by atoms with Gasteiger partial charge >= 0.3 is 0 Å². The zero-order valence-electron chi connectivity index (χ0n) is 8.92. The van der Waals surface area contributed by atoms with Crippen molar-refractivity contribution in [2.45, 2.75) is 29.3 Å². The molecule has 2 heterocycles. The van der Waals surface area contributed by atoms with Gasteiger partial charge in [0.1, 0.15) is 9.58 Å². The molecule has 1 unspecified atom stereocenters. The van der Waals surface area contributed by atoms with Crippen molar-refractivity contribution in [3.63, 3.8) is 0 Å². The molecular weight excluding hydrogens is 246 g/mol. The first-order chi connectivity index (χ1) is 7.53. The lowest BCUT2D eigenvalue weighted by atomic mass is 10.4. The van der Waals surface area contributed by atoms with Crippen LogP contribution >= 0.6 is 11.3 Å². The number of carbonyl (C=O) groups is 1. The second-order valence-corrected chi connectivity index (χ2v) is 7.19. The molecule has 0 aromatic carbocycles. The molecule has 1 aromatic rings. The second kappa shape index (κ2) is 4.18. The average molecular weight is 259 g/mol. The van der Waals surface area contributed by atoms with Gasteiger partial charge < -0.3 is 4.90 Å². The van der Waals surface area contributed by atoms with E-state index in [-0.39, 0.29) is 5.91 Å². The van der Waals surface area contributed by atoms with Gasteiger partial charge in [0.2, 0.25) is 15.7 Å². The van der Waals surface area contributed by atoms with Crippen LogP contribution in [0.4, 0.5) is 0 Å². The Morgan fingerprint density at radius 2 is 2.25 bits per heavy atom. The maximum Gasteiger partial charge on any atom is 0.223 e. The number of rotatable bonds is 3. The Labute approximate surface area is 98.8 Å². The van der Waals surface area contributed by atoms with E-state index in [1.165, 1.54) is 16.2 Å². The van der Waals surface area contributed by atoms with Gasteiger partial charge in [-0.25, -0.2) is 8.42 Å². The summed E-state index contributed by atoms with van der Waals surface area (Å²) in [6.07, 6.45) is 1.22. The zero-order valence-corrected chi connectivity index (χ0v) is 10.6. The maximum absolute atomic E-state index is 12.1. The van der Waals surface area contributed by atoms with Gasteiger partial charge in [0.15, 0.2) is 0 Å². The zero-order chi connectivity index (χ0) is 11.8. The normalized spacial score (nSPS) is 19.1. The molecule has 1 aliphatic heterocycles. The van der Waals surface area contributed by atoms with Gasteiger partial charge in [-0.05, 0) is 24.8 Å². The molecule has 88 valence electrons. The SMILES string of the molecule is CC(N1CCCC1=O)S(=O)(=O)c1cccs1. The van der Waals surface area contributed by atoms with Crippen LogP contribution in [0.15, 0.2) is 21.7 Å². The highest BCUT2D eigenvalue weighted by Gasteiger charge is 2.34. The number of amides is 1. The minimum absolute atomic E-state index is 0.0624. The maximum atomic E-state index is 12.1. The number of hydrogen-bond donors (Lipinski definition) is 0. The molecule has 1 saturated heterocycles. The van der Waals surface area contributed by atoms with E-state index in [2.05, 4.69) is 0 Å². The molecule has 2 rings (SSSR count). The van der Waals surface area contributed by atoms with Crippen LogP contribution in [-0.4, -0.2) is 31.1 Å². The lowest BCUT2D eigenvalue weighted by molar-refractivity contribution is -0.128. The third-order valence-electron chi connectivity index (χ3n) is 2.77. The Balaban J connectivity index is 2.28. The van der Waals surface area contributed by atoms with Crippen molar-refractivity contribution in [2.24, 2.45) is 0 Å². The number of thiophene rings is 1. The van der Waals surface area contributed by atoms with E-state index < -0.39 is 15.2 Å². The third-order valence-corrected chi connectivity index (χ3v) is 6.27. The third kappa shape index (κ3) is 1.87. The van der Waals surface area contributed by atoms with E-state index in [0.717, 1.165) is 6.42 Å². The molecular formula is C10H13NO3S2. The molecule has 1 fully saturated rings. The number of carbonyl (C=O) groups excluding carboxylic acids is 1. The van der Waals surface area contributed by atoms with Crippen LogP contribution in [0.3, 0.4) is 0 Å². The van der Waals surface area contributed by atoms with Crippen LogP contribution in [0.25, 0.3) is 0 Å². The first kappa shape index (κ1) is 11.6. The fraction of sp³-hybridized carbons (Fsp3) is 0.500. The Morgan fingerprint density at radius 3 is 2.75 bits per heavy atom. The van der Waals surface area contributed by atoms with Crippen molar-refractivity contribution in [2.75, 3.05) is 6.54 Å². The Bertz CT molecular complexity index is 478. The van der Waals surface area contributed by atoms with E-state index in [1.54, 1.807) is 24.4 Å². The van der Waals surface area contributed by atoms with Gasteiger partial charge in [0.25, 0.3) is 0 Å². The highest BCUT2D eigenvalue weighted by Crippen LogP contribution is 2.25. The minimum atomic E-state index is -3.39. The molecule has 1 aliphatic rings. The lowest BCUT2D eigenvalue weighted by Crippen LogP contribution is -2.39. The van der Waals surface area contributed by atoms with Crippen LogP contribution < -0.4 is 0 Å². The van der Waals surface area contributed by atoms with E-state index in [9.17, 15) is 13.2 Å². The molecule has 0 spiro atoms. The summed E-state index contributed by atoms with van der Waals surface area (Å²) < 4.78 is 24.6. The first-order valence-corrected chi connectivity index (χ1v) is 7.53. The van der Waals surface area contributed by atoms with Crippen molar-refractivity contribution in [1.82, 2.24) is 4.90 Å². The summed E-state index contributed by atoms with van der Waals surface area (Å²) in [4.78, 5) is 13.0. The average Bonchev–Trinajstić information content (AvgIpc) is 2.86. The Morgan fingerprint density at radius 1 is 1.50 bits per heavy atom. The van der Waals surface area contributed by atoms with E-state index >= 15 is 0 Å². The van der Waals surface area contributed by atoms with Crippen molar-refractivity contribution < 1.29 is 13.2 Å². The molecule has 0 aliphatic carbocycles. The van der Waals surface area contributed by atoms with E-state index in [0.29, 0.717) is 17.2 Å². The fourth-order valence-corrected chi connectivity index (χ4v) is 4.55. The molecule has 1 amide bonds. The van der Waals surface area contributed by atoms with Gasteiger partial charge in [-0.2, -0.15) is 0 Å². The van der Waals surface area contributed by atoms with E-state index in [4.69, 9.17) is 0 Å². The monoisotopic (exact) mass is 259 g/mol. The lowest BCUT2D eigenvalue weighted by Gasteiger charge is -2.23. The molecule has 0 saturated carbocycles. The Hall–Kier alpha value is -0.880. The highest BCUT2D eigenvalue weighted by atomic mass is 32.2. The number of sulfone groups is 1. The van der Waals surface area contributed by atoms with Gasteiger partial charge in [0, 0.05) is 13.0 Å². The summed E-state index contributed by atoms with van der Waals surface area (Å²) in [5, 5.41) is 0.979. The van der Waals surface area contributed by atoms with Gasteiger partial charge in [0.05, 0.1) is 0 Å². The molecule has 1 atom stereocenters. The number of hydrogen-bond acceptors (Lipinski definition) is 4. The van der Waals surface area contributed by atoms with Gasteiger partial charge in [-0.1, -0.05) is 6.07 Å². The molecule has 6 heteroatoms. The standard InChI is InChI=1S/C10H13NO3S2/c1-8(11-6-2-4-9(11)12)16(13,14)10-5-3-7-15-10/h3,5,7-8H,2,4,6H2,1H3. The van der Waals surface area contributed by atoms with Gasteiger partial charge in [-0.3, -0.25) is 4.79 Å². The van der Waals surface area contributed by atoms with Crippen LogP contribution in [0.2, 0.25) is 0 Å². The molecule has 16 heavy (non-hydrogen) atoms. The van der Waals surface area contributed by atoms with Crippen LogP contribution in [0.5, 0.6) is 0 Å². The van der Waals surface area contributed by atoms with Crippen LogP contribution in [-0.2, 0) is 14.6 Å². The molecule has 4 nitrogen and oxygen atoms in total. The van der Waals surface area contributed by atoms with Gasteiger partial charge in [-0.15, -0.1) is 11.3 Å². The molecule has 0 bridgehead atoms. The van der Waals surface area contributed by atoms with E-state index in [1.807, 2.05) is 0 Å². The summed E-state index contributed by atoms with van der Waals surface area (Å²) in [6, 6.07) is 3.28. The number of nitrogens with zero attached hydrogens (tertiary/aromatic N) is 1. The summed E-state index contributed by atoms with van der Waals surface area (Å²) in [7, 11) is -3.39. The molecule has 1 aromatic heterocycles. The summed E-state index contributed by atoms with van der Waals surface area (Å²) in [5.41, 5.74) is 0. The number of likely N-dealkylation sites (tertiary alicyclic amines) is 1. The van der Waals surface area contributed by atoms with Crippen molar-refractivity contribution in [1.29, 1.82) is 0 Å². The fourth-order valence-electron chi connectivity index (χ4n) is 1.81. The second-order valence-electron chi connectivity index (χ2n) is 3.77. The minimum Gasteiger partial charge on any atom is -0.325 e. The predicted molar refractivity (Wildman–Crippen MR) is 61.9 cm³/mol. The smallest absolute Gasteiger partial charge is 0.223 e. The summed E-state index contributed by atoms with van der Waals surface area (Å²) in [6.45, 7) is 2.13. The molecule has 0 radical (unpaired) electrons. The van der Waals surface area contributed by atoms with Crippen molar-refractivity contribution in [3.8, 4) is 0 Å². The van der Waals surface area contributed by atoms with Crippen LogP contribution in [0, 0.1) is 0 Å². The molecule has 0 N–H and O–H groups in total. The predicted octanol–water partition coefficient (Wildman–Crippen LogP) is 1.49. The Kier molecular flexibility index (Phi) is 3.03. The van der Waals surface area contributed by atoms with Crippen molar-refractivity contribution >= 4 is 27.1 Å². The van der Waals surface area contributed by atoms with Crippen LogP contribution in [0.1, 0.15) is 19.8 Å². The largest absolute Gasteiger partial charge is 0.325 e. The topological polar surface area (TPSA) is 54.5 Å². The van der Waals surface area contributed by atoms with Crippen molar-refractivity contribution in [3.05, 3.63) is 17.5 Å². The first-order valence-electron chi connectivity index (χ1n) is 5.10. The highest BCUT2D eigenvalue weighted by molar-refractivity contribution is 7.94. The summed E-state index contributed by atoms with van der Waals surface area (Å²) in [5.74, 6) is -0.0624. The quantitative estimate of drug-likeness (QED) is 0.826.